The molecule has 0 bridgehead atoms. The van der Waals surface area contributed by atoms with Gasteiger partial charge >= 0.3 is 0 Å². The Labute approximate surface area is 367 Å². The maximum Gasteiger partial charge on any atom is 0.252 e. The van der Waals surface area contributed by atoms with E-state index in [1.165, 1.54) is 105 Å². The van der Waals surface area contributed by atoms with Gasteiger partial charge in [0.05, 0.1) is 5.69 Å². The number of anilines is 6. The lowest BCUT2D eigenvalue weighted by atomic mass is 9.33. The summed E-state index contributed by atoms with van der Waals surface area (Å²) < 4.78 is 1.31. The lowest BCUT2D eigenvalue weighted by Gasteiger charge is -2.45. The molecule has 2 nitrogen and oxygen atoms in total. The van der Waals surface area contributed by atoms with Crippen molar-refractivity contribution in [3.05, 3.63) is 173 Å². The van der Waals surface area contributed by atoms with Crippen molar-refractivity contribution >= 4 is 78.6 Å². The van der Waals surface area contributed by atoms with Crippen molar-refractivity contribution < 1.29 is 0 Å². The molecule has 4 heteroatoms. The first-order chi connectivity index (χ1) is 29.0. The molecule has 0 saturated carbocycles. The van der Waals surface area contributed by atoms with Crippen molar-refractivity contribution in [2.45, 2.75) is 85.5 Å². The molecule has 0 aliphatic carbocycles. The van der Waals surface area contributed by atoms with Crippen LogP contribution in [0.4, 0.5) is 34.1 Å². The van der Waals surface area contributed by atoms with E-state index in [1.807, 2.05) is 0 Å². The lowest BCUT2D eigenvalue weighted by molar-refractivity contribution is 0.590. The third kappa shape index (κ3) is 6.71. The average molecular weight is 811 g/mol. The van der Waals surface area contributed by atoms with Crippen LogP contribution in [-0.4, -0.2) is 6.71 Å². The summed E-state index contributed by atoms with van der Waals surface area (Å²) in [4.78, 5) is 5.15. The molecular weight excluding hydrogens is 756 g/mol. The highest BCUT2D eigenvalue weighted by Crippen LogP contribution is 2.48. The zero-order chi connectivity index (χ0) is 42.6. The van der Waals surface area contributed by atoms with Crippen molar-refractivity contribution in [2.24, 2.45) is 0 Å². The maximum absolute atomic E-state index is 2.60. The number of aryl methyl sites for hydroxylation is 1. The first-order valence-corrected chi connectivity index (χ1v) is 22.7. The van der Waals surface area contributed by atoms with E-state index in [9.17, 15) is 0 Å². The number of benzene rings is 7. The van der Waals surface area contributed by atoms with Crippen LogP contribution < -0.4 is 26.2 Å². The maximum atomic E-state index is 2.60. The minimum atomic E-state index is -0.0254. The summed E-state index contributed by atoms with van der Waals surface area (Å²) in [5.41, 5.74) is 21.6. The van der Waals surface area contributed by atoms with Gasteiger partial charge in [0.2, 0.25) is 0 Å². The Kier molecular flexibility index (Phi) is 9.09. The van der Waals surface area contributed by atoms with Gasteiger partial charge in [0.25, 0.3) is 6.71 Å². The summed E-state index contributed by atoms with van der Waals surface area (Å²) in [6, 6.07) is 56.0. The first-order valence-electron chi connectivity index (χ1n) is 21.9. The Morgan fingerprint density at radius 1 is 0.443 bits per heavy atom. The molecule has 302 valence electrons. The minimum absolute atomic E-state index is 0.0122. The van der Waals surface area contributed by atoms with E-state index in [0.29, 0.717) is 0 Å². The molecular formula is C57H55BN2S. The average Bonchev–Trinajstić information content (AvgIpc) is 3.71. The molecule has 0 N–H and O–H groups in total. The van der Waals surface area contributed by atoms with Gasteiger partial charge in [0.1, 0.15) is 0 Å². The van der Waals surface area contributed by atoms with E-state index in [0.717, 1.165) is 0 Å². The van der Waals surface area contributed by atoms with Gasteiger partial charge in [0.15, 0.2) is 0 Å². The van der Waals surface area contributed by atoms with Crippen molar-refractivity contribution in [1.82, 2.24) is 0 Å². The normalized spacial score (nSPS) is 13.6. The second kappa shape index (κ2) is 14.1. The Balaban J connectivity index is 1.28. The van der Waals surface area contributed by atoms with Crippen LogP contribution in [0, 0.1) is 6.92 Å². The third-order valence-corrected chi connectivity index (χ3v) is 13.9. The molecule has 3 heterocycles. The van der Waals surface area contributed by atoms with E-state index >= 15 is 0 Å². The predicted octanol–water partition coefficient (Wildman–Crippen LogP) is 14.5. The topological polar surface area (TPSA) is 6.48 Å². The molecule has 0 radical (unpaired) electrons. The SMILES string of the molecule is Cc1cc2c3c(c1)N(c1ccc(-c4ccc5ccsc5c4)cc1-c1ccccc1)c1ccc(C(C)(C)C)cc1B3c1cc(C(C)(C)C)ccc1N2c1ccc(C(C)(C)C)cc1. The van der Waals surface area contributed by atoms with Crippen molar-refractivity contribution in [1.29, 1.82) is 0 Å². The molecule has 61 heavy (non-hydrogen) atoms. The van der Waals surface area contributed by atoms with Gasteiger partial charge in [-0.25, -0.2) is 0 Å². The highest BCUT2D eigenvalue weighted by atomic mass is 32.1. The lowest BCUT2D eigenvalue weighted by Crippen LogP contribution is -2.61. The highest BCUT2D eigenvalue weighted by Gasteiger charge is 2.44. The Bertz CT molecular complexity index is 2990. The van der Waals surface area contributed by atoms with Crippen molar-refractivity contribution in [2.75, 3.05) is 9.80 Å². The van der Waals surface area contributed by atoms with Crippen molar-refractivity contribution in [3.63, 3.8) is 0 Å². The van der Waals surface area contributed by atoms with E-state index < -0.39 is 0 Å². The van der Waals surface area contributed by atoms with E-state index in [-0.39, 0.29) is 23.0 Å². The number of hydrogen-bond acceptors (Lipinski definition) is 3. The molecule has 0 unspecified atom stereocenters. The predicted molar refractivity (Wildman–Crippen MR) is 268 cm³/mol. The summed E-state index contributed by atoms with van der Waals surface area (Å²) >= 11 is 1.81. The molecule has 2 aliphatic heterocycles. The van der Waals surface area contributed by atoms with Crippen LogP contribution in [0.3, 0.4) is 0 Å². The van der Waals surface area contributed by atoms with Crippen LogP contribution in [0.1, 0.15) is 84.6 Å². The second-order valence-electron chi connectivity index (χ2n) is 20.4. The highest BCUT2D eigenvalue weighted by molar-refractivity contribution is 7.17. The Hall–Kier alpha value is -5.84. The fourth-order valence-electron chi connectivity index (χ4n) is 9.62. The van der Waals surface area contributed by atoms with Crippen LogP contribution in [0.5, 0.6) is 0 Å². The molecule has 8 aromatic rings. The quantitative estimate of drug-likeness (QED) is 0.163. The molecule has 0 atom stereocenters. The Morgan fingerprint density at radius 3 is 1.61 bits per heavy atom. The second-order valence-corrected chi connectivity index (χ2v) is 21.4. The van der Waals surface area contributed by atoms with Crippen LogP contribution >= 0.6 is 11.3 Å². The van der Waals surface area contributed by atoms with Gasteiger partial charge < -0.3 is 9.80 Å². The van der Waals surface area contributed by atoms with E-state index in [4.69, 9.17) is 0 Å². The van der Waals surface area contributed by atoms with Crippen LogP contribution in [0.25, 0.3) is 32.3 Å². The number of rotatable bonds is 4. The number of fused-ring (bicyclic) bond motifs is 5. The molecule has 1 aromatic heterocycles. The fourth-order valence-corrected chi connectivity index (χ4v) is 10.4. The zero-order valence-corrected chi connectivity index (χ0v) is 38.1. The largest absolute Gasteiger partial charge is 0.311 e. The number of nitrogens with zero attached hydrogens (tertiary/aromatic N) is 2. The van der Waals surface area contributed by atoms with Gasteiger partial charge in [-0.1, -0.05) is 147 Å². The summed E-state index contributed by atoms with van der Waals surface area (Å²) in [6.45, 7) is 23.2. The van der Waals surface area contributed by atoms with Crippen LogP contribution in [0.2, 0.25) is 0 Å². The molecule has 0 saturated heterocycles. The van der Waals surface area contributed by atoms with Gasteiger partial charge in [-0.15, -0.1) is 11.3 Å². The van der Waals surface area contributed by atoms with Gasteiger partial charge in [-0.3, -0.25) is 0 Å². The molecule has 10 rings (SSSR count). The van der Waals surface area contributed by atoms with Crippen LogP contribution in [0.15, 0.2) is 151 Å². The van der Waals surface area contributed by atoms with Gasteiger partial charge in [-0.05, 0) is 150 Å². The summed E-state index contributed by atoms with van der Waals surface area (Å²) in [7, 11) is 0. The zero-order valence-electron chi connectivity index (χ0n) is 37.3. The first kappa shape index (κ1) is 39.3. The summed E-state index contributed by atoms with van der Waals surface area (Å²) in [6.07, 6.45) is 0. The van der Waals surface area contributed by atoms with E-state index in [1.54, 1.807) is 11.3 Å². The minimum Gasteiger partial charge on any atom is -0.311 e. The fraction of sp³-hybridized carbons (Fsp3) is 0.228. The standard InChI is InChI=1S/C57H55BN2S/c1-36-30-51-54-52(31-36)60(48-25-18-39(32-45(48)37-14-12-11-13-15-37)40-17-16-38-28-29-61-53(38)33-40)50-27-22-43(57(8,9)10)35-47(50)58(54)46-34-42(56(5,6)7)21-26-49(46)59(51)44-23-19-41(20-24-44)55(2,3)4/h11-35H,1-10H3. The van der Waals surface area contributed by atoms with Crippen molar-refractivity contribution in [3.8, 4) is 22.3 Å². The molecule has 7 aromatic carbocycles. The Morgan fingerprint density at radius 2 is 0.984 bits per heavy atom. The van der Waals surface area contributed by atoms with Crippen LogP contribution in [-0.2, 0) is 16.2 Å². The smallest absolute Gasteiger partial charge is 0.252 e. The summed E-state index contributed by atoms with van der Waals surface area (Å²) in [5.74, 6) is 0. The number of thiophene rings is 1. The van der Waals surface area contributed by atoms with Gasteiger partial charge in [-0.2, -0.15) is 0 Å². The molecule has 2 aliphatic rings. The monoisotopic (exact) mass is 810 g/mol. The third-order valence-electron chi connectivity index (χ3n) is 13.0. The van der Waals surface area contributed by atoms with Gasteiger partial charge in [0, 0.05) is 38.7 Å². The summed E-state index contributed by atoms with van der Waals surface area (Å²) in [5, 5.41) is 3.48. The molecule has 0 amide bonds. The number of hydrogen-bond donors (Lipinski definition) is 0. The van der Waals surface area contributed by atoms with E-state index in [2.05, 4.69) is 230 Å². The molecule has 0 fully saturated rings. The molecule has 0 spiro atoms.